The van der Waals surface area contributed by atoms with E-state index < -0.39 is 0 Å². The maximum atomic E-state index is 15.0. The summed E-state index contributed by atoms with van der Waals surface area (Å²) in [4.78, 5) is 0. The van der Waals surface area contributed by atoms with Gasteiger partial charge in [0.05, 0.1) is 5.02 Å². The molecule has 1 unspecified atom stereocenters. The first-order chi connectivity index (χ1) is 16.1. The molecule has 0 N–H and O–H groups in total. The number of aryl methyl sites for hydroxylation is 1. The molecule has 33 heavy (non-hydrogen) atoms. The first-order valence-electron chi connectivity index (χ1n) is 13.0. The van der Waals surface area contributed by atoms with Crippen molar-refractivity contribution in [2.75, 3.05) is 0 Å². The highest BCUT2D eigenvalue weighted by Gasteiger charge is 2.28. The number of rotatable bonds is 7. The van der Waals surface area contributed by atoms with Crippen LogP contribution in [0, 0.1) is 23.6 Å². The molecule has 176 valence electrons. The van der Waals surface area contributed by atoms with Crippen molar-refractivity contribution in [2.24, 2.45) is 17.8 Å². The number of hydrogen-bond donors (Lipinski definition) is 0. The number of benzene rings is 2. The van der Waals surface area contributed by atoms with Gasteiger partial charge in [-0.2, -0.15) is 0 Å². The molecule has 1 fully saturated rings. The minimum atomic E-state index is -0.290. The van der Waals surface area contributed by atoms with Crippen LogP contribution in [0.25, 0.3) is 16.7 Å². The Morgan fingerprint density at radius 3 is 2.30 bits per heavy atom. The van der Waals surface area contributed by atoms with Crippen molar-refractivity contribution in [3.63, 3.8) is 0 Å². The molecule has 2 aliphatic rings. The molecule has 0 radical (unpaired) electrons. The van der Waals surface area contributed by atoms with E-state index in [1.165, 1.54) is 49.7 Å². The summed E-state index contributed by atoms with van der Waals surface area (Å²) in [5, 5.41) is 0.283. The Morgan fingerprint density at radius 2 is 1.67 bits per heavy atom. The summed E-state index contributed by atoms with van der Waals surface area (Å²) < 4.78 is 15.0. The summed E-state index contributed by atoms with van der Waals surface area (Å²) >= 11 is 6.35. The van der Waals surface area contributed by atoms with Gasteiger partial charge in [0.15, 0.2) is 0 Å². The third-order valence-electron chi connectivity index (χ3n) is 7.93. The maximum Gasteiger partial charge on any atom is 0.149 e. The van der Waals surface area contributed by atoms with Crippen molar-refractivity contribution in [1.82, 2.24) is 0 Å². The van der Waals surface area contributed by atoms with Crippen LogP contribution in [0.15, 0.2) is 54.6 Å². The van der Waals surface area contributed by atoms with Gasteiger partial charge in [-0.3, -0.25) is 0 Å². The average Bonchev–Trinajstić information content (AvgIpc) is 2.86. The lowest BCUT2D eigenvalue weighted by molar-refractivity contribution is 0.212. The van der Waals surface area contributed by atoms with E-state index in [9.17, 15) is 4.39 Å². The molecule has 4 rings (SSSR count). The molecule has 0 spiro atoms. The summed E-state index contributed by atoms with van der Waals surface area (Å²) in [7, 11) is 0. The third-order valence-corrected chi connectivity index (χ3v) is 8.34. The minimum absolute atomic E-state index is 0.283. The fourth-order valence-corrected chi connectivity index (χ4v) is 6.12. The molecule has 2 heteroatoms. The fraction of sp³-hybridized carbons (Fsp3) is 0.484. The van der Waals surface area contributed by atoms with Crippen molar-refractivity contribution in [1.29, 1.82) is 0 Å². The van der Waals surface area contributed by atoms with Crippen molar-refractivity contribution in [2.45, 2.75) is 78.1 Å². The van der Waals surface area contributed by atoms with Crippen LogP contribution in [0.3, 0.4) is 0 Å². The molecular formula is C31H38ClF. The third kappa shape index (κ3) is 5.80. The molecule has 2 aromatic rings. The number of halogens is 2. The SMILES string of the molecule is CC=CC1CCC(C2CC=C(c3ccc(-c4ccc(CCCC)c(Cl)c4F)cc3)CC2)CC1. The van der Waals surface area contributed by atoms with Gasteiger partial charge in [0.1, 0.15) is 5.82 Å². The van der Waals surface area contributed by atoms with Crippen LogP contribution in [0.1, 0.15) is 82.8 Å². The van der Waals surface area contributed by atoms with E-state index in [1.807, 2.05) is 24.3 Å². The molecule has 0 nitrogen and oxygen atoms in total. The second-order valence-corrected chi connectivity index (χ2v) is 10.4. The van der Waals surface area contributed by atoms with Gasteiger partial charge >= 0.3 is 0 Å². The van der Waals surface area contributed by atoms with Gasteiger partial charge in [-0.25, -0.2) is 4.39 Å². The average molecular weight is 465 g/mol. The smallest absolute Gasteiger partial charge is 0.149 e. The number of hydrogen-bond acceptors (Lipinski definition) is 0. The highest BCUT2D eigenvalue weighted by atomic mass is 35.5. The topological polar surface area (TPSA) is 0 Å². The maximum absolute atomic E-state index is 15.0. The number of unbranched alkanes of at least 4 members (excludes halogenated alkanes) is 1. The van der Waals surface area contributed by atoms with Crippen LogP contribution in [-0.2, 0) is 6.42 Å². The van der Waals surface area contributed by atoms with Gasteiger partial charge in [0, 0.05) is 5.56 Å². The molecule has 0 amide bonds. The Labute approximate surface area is 205 Å². The second kappa shape index (κ2) is 11.5. The zero-order chi connectivity index (χ0) is 23.2. The Morgan fingerprint density at radius 1 is 0.939 bits per heavy atom. The molecule has 0 bridgehead atoms. The lowest BCUT2D eigenvalue weighted by Gasteiger charge is -2.34. The molecule has 1 atom stereocenters. The van der Waals surface area contributed by atoms with Crippen LogP contribution in [0.5, 0.6) is 0 Å². The Bertz CT molecular complexity index is 977. The molecule has 0 aromatic heterocycles. The molecule has 0 saturated heterocycles. The molecule has 2 aliphatic carbocycles. The second-order valence-electron chi connectivity index (χ2n) is 10.0. The van der Waals surface area contributed by atoms with E-state index in [0.717, 1.165) is 54.6 Å². The van der Waals surface area contributed by atoms with E-state index in [4.69, 9.17) is 11.6 Å². The Balaban J connectivity index is 1.40. The zero-order valence-corrected chi connectivity index (χ0v) is 21.0. The van der Waals surface area contributed by atoms with Crippen molar-refractivity contribution in [3.05, 3.63) is 76.6 Å². The highest BCUT2D eigenvalue weighted by molar-refractivity contribution is 6.31. The fourth-order valence-electron chi connectivity index (χ4n) is 5.86. The van der Waals surface area contributed by atoms with E-state index >= 15 is 0 Å². The largest absolute Gasteiger partial charge is 0.205 e. The van der Waals surface area contributed by atoms with Crippen LogP contribution >= 0.6 is 11.6 Å². The molecule has 2 aromatic carbocycles. The van der Waals surface area contributed by atoms with Gasteiger partial charge in [-0.1, -0.05) is 79.6 Å². The first-order valence-corrected chi connectivity index (χ1v) is 13.4. The first kappa shape index (κ1) is 24.3. The number of allylic oxidation sites excluding steroid dienone is 4. The monoisotopic (exact) mass is 464 g/mol. The standard InChI is InChI=1S/C31H38ClF/c1-3-5-7-28-20-21-29(31(33)30(28)32)27-18-16-26(17-19-27)25-14-12-24(13-15-25)23-10-8-22(6-4-2)9-11-23/h4,6,14,16-24H,3,5,7-13,15H2,1-2H3. The summed E-state index contributed by atoms with van der Waals surface area (Å²) in [5.41, 5.74) is 5.13. The van der Waals surface area contributed by atoms with Crippen molar-refractivity contribution >= 4 is 17.2 Å². The van der Waals surface area contributed by atoms with Crippen LogP contribution < -0.4 is 0 Å². The van der Waals surface area contributed by atoms with Gasteiger partial charge < -0.3 is 0 Å². The lowest BCUT2D eigenvalue weighted by atomic mass is 9.71. The Kier molecular flexibility index (Phi) is 8.47. The summed E-state index contributed by atoms with van der Waals surface area (Å²) in [6, 6.07) is 12.3. The predicted octanol–water partition coefficient (Wildman–Crippen LogP) is 10.1. The zero-order valence-electron chi connectivity index (χ0n) is 20.3. The van der Waals surface area contributed by atoms with E-state index in [2.05, 4.69) is 44.2 Å². The van der Waals surface area contributed by atoms with Crippen molar-refractivity contribution in [3.8, 4) is 11.1 Å². The van der Waals surface area contributed by atoms with Gasteiger partial charge in [-0.05, 0) is 105 Å². The predicted molar refractivity (Wildman–Crippen MR) is 141 cm³/mol. The summed E-state index contributed by atoms with van der Waals surface area (Å²) in [5.74, 6) is 2.27. The molecule has 0 aliphatic heterocycles. The normalized spacial score (nSPS) is 23.6. The quantitative estimate of drug-likeness (QED) is 0.357. The van der Waals surface area contributed by atoms with E-state index in [1.54, 1.807) is 0 Å². The summed E-state index contributed by atoms with van der Waals surface area (Å²) in [6.07, 6.45) is 19.2. The van der Waals surface area contributed by atoms with E-state index in [0.29, 0.717) is 5.56 Å². The van der Waals surface area contributed by atoms with Gasteiger partial charge in [-0.15, -0.1) is 0 Å². The Hall–Kier alpha value is -1.86. The van der Waals surface area contributed by atoms with Gasteiger partial charge in [0.2, 0.25) is 0 Å². The molecular weight excluding hydrogens is 427 g/mol. The van der Waals surface area contributed by atoms with E-state index in [-0.39, 0.29) is 10.8 Å². The lowest BCUT2D eigenvalue weighted by Crippen LogP contribution is -2.22. The highest BCUT2D eigenvalue weighted by Crippen LogP contribution is 2.42. The van der Waals surface area contributed by atoms with Crippen molar-refractivity contribution < 1.29 is 4.39 Å². The molecule has 1 saturated carbocycles. The van der Waals surface area contributed by atoms with Crippen LogP contribution in [-0.4, -0.2) is 0 Å². The minimum Gasteiger partial charge on any atom is -0.205 e. The molecule has 0 heterocycles. The van der Waals surface area contributed by atoms with Crippen LogP contribution in [0.2, 0.25) is 5.02 Å². The van der Waals surface area contributed by atoms with Crippen LogP contribution in [0.4, 0.5) is 4.39 Å². The van der Waals surface area contributed by atoms with Gasteiger partial charge in [0.25, 0.3) is 0 Å². The summed E-state index contributed by atoms with van der Waals surface area (Å²) in [6.45, 7) is 4.28.